The lowest BCUT2D eigenvalue weighted by molar-refractivity contribution is -0.125. The molecule has 1 atom stereocenters. The highest BCUT2D eigenvalue weighted by Gasteiger charge is 2.40. The average molecular weight is 402 g/mol. The highest BCUT2D eigenvalue weighted by atomic mass is 35.5. The van der Waals surface area contributed by atoms with E-state index in [2.05, 4.69) is 10.9 Å². The molecule has 0 spiro atoms. The lowest BCUT2D eigenvalue weighted by atomic mass is 10.1. The van der Waals surface area contributed by atoms with E-state index in [-0.39, 0.29) is 18.9 Å². The zero-order valence-corrected chi connectivity index (χ0v) is 16.2. The summed E-state index contributed by atoms with van der Waals surface area (Å²) in [6, 6.07) is 11.3. The van der Waals surface area contributed by atoms with Crippen molar-refractivity contribution in [1.82, 2.24) is 10.9 Å². The van der Waals surface area contributed by atoms with Crippen molar-refractivity contribution in [2.24, 2.45) is 0 Å². The van der Waals surface area contributed by atoms with E-state index < -0.39 is 17.9 Å². The van der Waals surface area contributed by atoms with Gasteiger partial charge in [0.1, 0.15) is 11.8 Å². The molecule has 0 bridgehead atoms. The number of hydrogen-bond acceptors (Lipinski definition) is 5. The molecule has 0 radical (unpaired) electrons. The number of benzene rings is 2. The number of hydrazine groups is 1. The molecule has 1 aliphatic rings. The van der Waals surface area contributed by atoms with Gasteiger partial charge in [0.2, 0.25) is 5.91 Å². The molecule has 8 heteroatoms. The summed E-state index contributed by atoms with van der Waals surface area (Å²) in [5.41, 5.74) is 7.48. The zero-order chi connectivity index (χ0) is 20.3. The number of carbonyl (C=O) groups is 3. The van der Waals surface area contributed by atoms with Crippen LogP contribution in [0, 0.1) is 13.8 Å². The van der Waals surface area contributed by atoms with Gasteiger partial charge in [-0.15, -0.1) is 0 Å². The van der Waals surface area contributed by atoms with Crippen LogP contribution in [0.5, 0.6) is 5.75 Å². The summed E-state index contributed by atoms with van der Waals surface area (Å²) >= 11 is 5.79. The van der Waals surface area contributed by atoms with E-state index in [1.165, 1.54) is 0 Å². The minimum atomic E-state index is -0.826. The molecule has 3 rings (SSSR count). The molecule has 1 saturated heterocycles. The average Bonchev–Trinajstić information content (AvgIpc) is 2.93. The van der Waals surface area contributed by atoms with Gasteiger partial charge in [-0.25, -0.2) is 10.3 Å². The SMILES string of the molecule is Cc1ccc(N2C(=O)CC(NNC(=O)COc3ccc(Cl)cc3)C2=O)c(C)c1. The van der Waals surface area contributed by atoms with Crippen molar-refractivity contribution in [1.29, 1.82) is 0 Å². The number of aryl methyl sites for hydroxylation is 2. The minimum absolute atomic E-state index is 0.0372. The third kappa shape index (κ3) is 4.49. The molecule has 1 aliphatic heterocycles. The Morgan fingerprint density at radius 2 is 1.89 bits per heavy atom. The summed E-state index contributed by atoms with van der Waals surface area (Å²) in [5, 5.41) is 0.566. The second kappa shape index (κ2) is 8.41. The molecule has 7 nitrogen and oxygen atoms in total. The number of anilines is 1. The molecule has 0 saturated carbocycles. The van der Waals surface area contributed by atoms with Crippen LogP contribution in [-0.4, -0.2) is 30.4 Å². The van der Waals surface area contributed by atoms with Crippen molar-refractivity contribution in [3.63, 3.8) is 0 Å². The van der Waals surface area contributed by atoms with E-state index in [0.717, 1.165) is 16.0 Å². The van der Waals surface area contributed by atoms with E-state index >= 15 is 0 Å². The summed E-state index contributed by atoms with van der Waals surface area (Å²) in [6.45, 7) is 3.54. The first-order chi connectivity index (χ1) is 13.3. The molecule has 1 unspecified atom stereocenters. The fourth-order valence-corrected chi connectivity index (χ4v) is 3.06. The maximum absolute atomic E-state index is 12.6. The fourth-order valence-electron chi connectivity index (χ4n) is 2.94. The Morgan fingerprint density at radius 3 is 2.57 bits per heavy atom. The Hall–Kier alpha value is -2.90. The van der Waals surface area contributed by atoms with Gasteiger partial charge in [-0.05, 0) is 49.7 Å². The number of carbonyl (C=O) groups excluding carboxylic acids is 3. The van der Waals surface area contributed by atoms with E-state index in [1.54, 1.807) is 30.3 Å². The Kier molecular flexibility index (Phi) is 5.96. The van der Waals surface area contributed by atoms with Crippen LogP contribution in [0.1, 0.15) is 17.5 Å². The van der Waals surface area contributed by atoms with E-state index in [9.17, 15) is 14.4 Å². The molecule has 1 heterocycles. The topological polar surface area (TPSA) is 87.7 Å². The second-order valence-electron chi connectivity index (χ2n) is 6.55. The highest BCUT2D eigenvalue weighted by Crippen LogP contribution is 2.26. The first-order valence-corrected chi connectivity index (χ1v) is 9.10. The second-order valence-corrected chi connectivity index (χ2v) is 6.99. The number of ether oxygens (including phenoxy) is 1. The number of amides is 3. The molecule has 2 aromatic carbocycles. The van der Waals surface area contributed by atoms with Crippen LogP contribution in [0.2, 0.25) is 5.02 Å². The predicted octanol–water partition coefficient (Wildman–Crippen LogP) is 2.29. The fraction of sp³-hybridized carbons (Fsp3) is 0.250. The first-order valence-electron chi connectivity index (χ1n) is 8.72. The summed E-state index contributed by atoms with van der Waals surface area (Å²) in [4.78, 5) is 38.0. The lowest BCUT2D eigenvalue weighted by Crippen LogP contribution is -2.49. The molecule has 1 fully saturated rings. The van der Waals surface area contributed by atoms with Gasteiger partial charge in [-0.2, -0.15) is 0 Å². The van der Waals surface area contributed by atoms with Crippen LogP contribution in [0.15, 0.2) is 42.5 Å². The maximum Gasteiger partial charge on any atom is 0.272 e. The van der Waals surface area contributed by atoms with Crippen molar-refractivity contribution in [2.45, 2.75) is 26.3 Å². The summed E-state index contributed by atoms with van der Waals surface area (Å²) in [7, 11) is 0. The van der Waals surface area contributed by atoms with Crippen LogP contribution >= 0.6 is 11.6 Å². The maximum atomic E-state index is 12.6. The van der Waals surface area contributed by atoms with Crippen LogP contribution in [0.3, 0.4) is 0 Å². The summed E-state index contributed by atoms with van der Waals surface area (Å²) in [5.74, 6) is -0.704. The van der Waals surface area contributed by atoms with Gasteiger partial charge in [-0.3, -0.25) is 19.8 Å². The first kappa shape index (κ1) is 19.9. The number of hydrogen-bond donors (Lipinski definition) is 2. The van der Waals surface area contributed by atoms with Crippen molar-refractivity contribution in [3.05, 3.63) is 58.6 Å². The van der Waals surface area contributed by atoms with E-state index in [4.69, 9.17) is 16.3 Å². The molecular weight excluding hydrogens is 382 g/mol. The van der Waals surface area contributed by atoms with Gasteiger partial charge in [0, 0.05) is 5.02 Å². The van der Waals surface area contributed by atoms with Crippen molar-refractivity contribution < 1.29 is 19.1 Å². The quantitative estimate of drug-likeness (QED) is 0.572. The largest absolute Gasteiger partial charge is 0.484 e. The molecule has 0 aromatic heterocycles. The molecule has 28 heavy (non-hydrogen) atoms. The highest BCUT2D eigenvalue weighted by molar-refractivity contribution is 6.30. The van der Waals surface area contributed by atoms with Gasteiger partial charge in [0.05, 0.1) is 12.1 Å². The molecular formula is C20H20ClN3O4. The lowest BCUT2D eigenvalue weighted by Gasteiger charge is -2.18. The van der Waals surface area contributed by atoms with Gasteiger partial charge >= 0.3 is 0 Å². The van der Waals surface area contributed by atoms with Gasteiger partial charge in [0.25, 0.3) is 11.8 Å². The van der Waals surface area contributed by atoms with Gasteiger partial charge in [-0.1, -0.05) is 29.3 Å². The standard InChI is InChI=1S/C20H20ClN3O4/c1-12-3-8-17(13(2)9-12)24-19(26)10-16(20(24)27)22-23-18(25)11-28-15-6-4-14(21)5-7-15/h3-9,16,22H,10-11H2,1-2H3,(H,23,25). The van der Waals surface area contributed by atoms with E-state index in [0.29, 0.717) is 16.5 Å². The number of imide groups is 1. The van der Waals surface area contributed by atoms with E-state index in [1.807, 2.05) is 26.0 Å². The number of halogens is 1. The zero-order valence-electron chi connectivity index (χ0n) is 15.5. The number of nitrogens with zero attached hydrogens (tertiary/aromatic N) is 1. The Labute approximate surface area is 167 Å². The smallest absolute Gasteiger partial charge is 0.272 e. The van der Waals surface area contributed by atoms with Gasteiger partial charge in [0.15, 0.2) is 6.61 Å². The molecule has 2 aromatic rings. The number of nitrogens with one attached hydrogen (secondary N) is 2. The molecule has 3 amide bonds. The Morgan fingerprint density at radius 1 is 1.18 bits per heavy atom. The third-order valence-electron chi connectivity index (χ3n) is 4.31. The Bertz CT molecular complexity index is 914. The van der Waals surface area contributed by atoms with Crippen LogP contribution in [0.4, 0.5) is 5.69 Å². The number of rotatable bonds is 6. The summed E-state index contributed by atoms with van der Waals surface area (Å²) in [6.07, 6.45) is -0.0372. The predicted molar refractivity (Wildman–Crippen MR) is 105 cm³/mol. The van der Waals surface area contributed by atoms with Crippen LogP contribution < -0.4 is 20.5 Å². The van der Waals surface area contributed by atoms with Crippen LogP contribution in [-0.2, 0) is 14.4 Å². The minimum Gasteiger partial charge on any atom is -0.484 e. The van der Waals surface area contributed by atoms with Crippen molar-refractivity contribution in [3.8, 4) is 5.75 Å². The normalized spacial score (nSPS) is 16.4. The molecule has 146 valence electrons. The van der Waals surface area contributed by atoms with Crippen LogP contribution in [0.25, 0.3) is 0 Å². The molecule has 0 aliphatic carbocycles. The van der Waals surface area contributed by atoms with Crippen molar-refractivity contribution in [2.75, 3.05) is 11.5 Å². The molecule has 2 N–H and O–H groups in total. The monoisotopic (exact) mass is 401 g/mol. The van der Waals surface area contributed by atoms with Gasteiger partial charge < -0.3 is 4.74 Å². The third-order valence-corrected chi connectivity index (χ3v) is 4.56. The van der Waals surface area contributed by atoms with Crippen molar-refractivity contribution >= 4 is 35.0 Å². The Balaban J connectivity index is 1.55. The summed E-state index contributed by atoms with van der Waals surface area (Å²) < 4.78 is 5.33.